The number of hydrogen-bond donors (Lipinski definition) is 1. The van der Waals surface area contributed by atoms with Crippen LogP contribution in [-0.4, -0.2) is 20.2 Å². The van der Waals surface area contributed by atoms with E-state index in [9.17, 15) is 4.79 Å². The summed E-state index contributed by atoms with van der Waals surface area (Å²) in [6.07, 6.45) is 0. The van der Waals surface area contributed by atoms with Gasteiger partial charge < -0.3 is 19.6 Å². The van der Waals surface area contributed by atoms with Gasteiger partial charge in [-0.15, -0.1) is 0 Å². The fraction of sp³-hybridized carbons (Fsp3) is 0.250. The molecule has 0 aliphatic carbocycles. The number of carbonyl (C=O) groups excluding carboxylic acids is 1. The first-order valence-electron chi connectivity index (χ1n) is 6.96. The van der Waals surface area contributed by atoms with E-state index in [1.807, 2.05) is 13.0 Å². The lowest BCUT2D eigenvalue weighted by molar-refractivity contribution is -0.351. The predicted molar refractivity (Wildman–Crippen MR) is 87.3 cm³/mol. The van der Waals surface area contributed by atoms with Crippen molar-refractivity contribution in [3.63, 3.8) is 0 Å². The minimum atomic E-state index is -0.515. The Morgan fingerprint density at radius 2 is 2.17 bits per heavy atom. The maximum atomic E-state index is 11.5. The summed E-state index contributed by atoms with van der Waals surface area (Å²) in [7, 11) is 2.96. The summed E-state index contributed by atoms with van der Waals surface area (Å²) in [5.41, 5.74) is 8.97. The van der Waals surface area contributed by atoms with Crippen molar-refractivity contribution in [2.24, 2.45) is 0 Å². The number of nitrogens with two attached hydrogens (primary N) is 1. The molecule has 0 unspecified atom stereocenters. The third-order valence-electron chi connectivity index (χ3n) is 3.48. The number of esters is 1. The van der Waals surface area contributed by atoms with Crippen molar-refractivity contribution in [2.45, 2.75) is 13.5 Å². The van der Waals surface area contributed by atoms with Crippen molar-refractivity contribution < 1.29 is 23.7 Å². The lowest BCUT2D eigenvalue weighted by atomic mass is 10.1. The van der Waals surface area contributed by atoms with Gasteiger partial charge in [0.2, 0.25) is 5.76 Å². The number of rotatable bonds is 4. The number of pyridine rings is 1. The SMILES string of the molecule is COCc1cc(C)[nH+]c2sc(-c3ccc(C(=O)OC)o3)c(N)c12. The number of fused-ring (bicyclic) bond motifs is 1. The Balaban J connectivity index is 2.15. The molecule has 0 amide bonds. The molecular formula is C16H17N2O4S+. The fourth-order valence-corrected chi connectivity index (χ4v) is 3.70. The number of aromatic nitrogens is 1. The molecule has 3 N–H and O–H groups in total. The molecule has 3 heterocycles. The quantitative estimate of drug-likeness (QED) is 0.742. The largest absolute Gasteiger partial charge is 0.463 e. The van der Waals surface area contributed by atoms with Gasteiger partial charge in [-0.2, -0.15) is 4.98 Å². The van der Waals surface area contributed by atoms with Gasteiger partial charge in [0.05, 0.1) is 29.7 Å². The highest BCUT2D eigenvalue weighted by Gasteiger charge is 2.23. The number of ether oxygens (including phenoxy) is 2. The molecule has 0 atom stereocenters. The van der Waals surface area contributed by atoms with E-state index in [1.54, 1.807) is 19.2 Å². The van der Waals surface area contributed by atoms with Gasteiger partial charge in [0.1, 0.15) is 5.76 Å². The zero-order chi connectivity index (χ0) is 16.6. The number of H-pyrrole nitrogens is 1. The molecule has 0 radical (unpaired) electrons. The second kappa shape index (κ2) is 6.02. The van der Waals surface area contributed by atoms with Crippen LogP contribution in [0.3, 0.4) is 0 Å². The summed E-state index contributed by atoms with van der Waals surface area (Å²) >= 11 is 1.48. The Kier molecular flexibility index (Phi) is 4.06. The van der Waals surface area contributed by atoms with Crippen LogP contribution < -0.4 is 10.7 Å². The molecule has 0 saturated carbocycles. The van der Waals surface area contributed by atoms with Crippen molar-refractivity contribution in [2.75, 3.05) is 20.0 Å². The normalized spacial score (nSPS) is 11.1. The number of nitrogen functional groups attached to an aromatic ring is 1. The van der Waals surface area contributed by atoms with Crippen LogP contribution in [0.5, 0.6) is 0 Å². The minimum absolute atomic E-state index is 0.150. The van der Waals surface area contributed by atoms with Crippen molar-refractivity contribution in [3.8, 4) is 10.6 Å². The summed E-state index contributed by atoms with van der Waals surface area (Å²) in [6, 6.07) is 5.31. The summed E-state index contributed by atoms with van der Waals surface area (Å²) in [5, 5.41) is 0.925. The Morgan fingerprint density at radius 3 is 2.87 bits per heavy atom. The van der Waals surface area contributed by atoms with Crippen LogP contribution in [0.2, 0.25) is 0 Å². The third-order valence-corrected chi connectivity index (χ3v) is 4.62. The molecule has 0 fully saturated rings. The van der Waals surface area contributed by atoms with Crippen LogP contribution in [0, 0.1) is 6.92 Å². The molecule has 0 aliphatic heterocycles. The number of nitrogens with one attached hydrogen (secondary N) is 1. The van der Waals surface area contributed by atoms with Gasteiger partial charge >= 0.3 is 5.97 Å². The van der Waals surface area contributed by atoms with Crippen molar-refractivity contribution in [1.29, 1.82) is 0 Å². The number of carbonyl (C=O) groups is 1. The minimum Gasteiger partial charge on any atom is -0.463 e. The molecule has 7 heteroatoms. The highest BCUT2D eigenvalue weighted by Crippen LogP contribution is 2.41. The average Bonchev–Trinajstić information content (AvgIpc) is 3.12. The highest BCUT2D eigenvalue weighted by atomic mass is 32.1. The lowest BCUT2D eigenvalue weighted by Crippen LogP contribution is -2.09. The molecule has 0 spiro atoms. The van der Waals surface area contributed by atoms with E-state index in [1.165, 1.54) is 18.4 Å². The zero-order valence-corrected chi connectivity index (χ0v) is 13.9. The van der Waals surface area contributed by atoms with E-state index in [4.69, 9.17) is 14.9 Å². The summed E-state index contributed by atoms with van der Waals surface area (Å²) in [5.74, 6) is 0.175. The summed E-state index contributed by atoms with van der Waals surface area (Å²) < 4.78 is 15.5. The Hall–Kier alpha value is -2.38. The molecule has 0 bridgehead atoms. The Morgan fingerprint density at radius 1 is 1.39 bits per heavy atom. The number of methoxy groups -OCH3 is 2. The number of hydrogen-bond acceptors (Lipinski definition) is 6. The first-order chi connectivity index (χ1) is 11.0. The van der Waals surface area contributed by atoms with E-state index >= 15 is 0 Å². The molecule has 3 rings (SSSR count). The second-order valence-electron chi connectivity index (χ2n) is 5.12. The number of anilines is 1. The summed E-state index contributed by atoms with van der Waals surface area (Å²) in [6.45, 7) is 2.45. The van der Waals surface area contributed by atoms with Crippen LogP contribution in [0.15, 0.2) is 22.6 Å². The molecule has 3 aromatic heterocycles. The Bertz CT molecular complexity index is 882. The number of aryl methyl sites for hydroxylation is 1. The van der Waals surface area contributed by atoms with Gasteiger partial charge in [-0.1, -0.05) is 11.3 Å². The number of furan rings is 1. The molecule has 6 nitrogen and oxygen atoms in total. The molecule has 23 heavy (non-hydrogen) atoms. The molecule has 0 aromatic carbocycles. The molecular weight excluding hydrogens is 316 g/mol. The van der Waals surface area contributed by atoms with Crippen LogP contribution in [0.1, 0.15) is 21.8 Å². The summed E-state index contributed by atoms with van der Waals surface area (Å²) in [4.78, 5) is 16.6. The number of aromatic amines is 1. The van der Waals surface area contributed by atoms with Gasteiger partial charge in [0.25, 0.3) is 4.83 Å². The van der Waals surface area contributed by atoms with E-state index in [2.05, 4.69) is 9.72 Å². The first-order valence-corrected chi connectivity index (χ1v) is 7.78. The van der Waals surface area contributed by atoms with E-state index in [-0.39, 0.29) is 5.76 Å². The zero-order valence-electron chi connectivity index (χ0n) is 13.1. The number of thiophene rings is 1. The maximum absolute atomic E-state index is 11.5. The molecule has 120 valence electrons. The topological polar surface area (TPSA) is 88.8 Å². The van der Waals surface area contributed by atoms with Gasteiger partial charge in [-0.25, -0.2) is 4.79 Å². The average molecular weight is 333 g/mol. The van der Waals surface area contributed by atoms with E-state index < -0.39 is 5.97 Å². The van der Waals surface area contributed by atoms with Crippen LogP contribution >= 0.6 is 11.3 Å². The standard InChI is InChI=1S/C16H16N2O4S/c1-8-6-9(7-20-2)12-13(17)14(23-15(12)18-8)10-4-5-11(22-10)16(19)21-3/h4-6H,7,17H2,1-3H3/p+1. The predicted octanol–water partition coefficient (Wildman–Crippen LogP) is 2.80. The fourth-order valence-electron chi connectivity index (χ4n) is 2.52. The second-order valence-corrected chi connectivity index (χ2v) is 6.14. The van der Waals surface area contributed by atoms with Gasteiger partial charge in [0, 0.05) is 25.7 Å². The third kappa shape index (κ3) is 2.69. The van der Waals surface area contributed by atoms with Crippen molar-refractivity contribution >= 4 is 33.2 Å². The Labute approximate surface area is 136 Å². The first kappa shape index (κ1) is 15.5. The van der Waals surface area contributed by atoms with Crippen molar-refractivity contribution in [3.05, 3.63) is 35.2 Å². The maximum Gasteiger partial charge on any atom is 0.373 e. The van der Waals surface area contributed by atoms with Crippen LogP contribution in [0.25, 0.3) is 20.9 Å². The van der Waals surface area contributed by atoms with Crippen molar-refractivity contribution in [1.82, 2.24) is 0 Å². The van der Waals surface area contributed by atoms with Gasteiger partial charge in [-0.05, 0) is 12.1 Å². The van der Waals surface area contributed by atoms with Crippen LogP contribution in [0.4, 0.5) is 5.69 Å². The van der Waals surface area contributed by atoms with Gasteiger partial charge in [0.15, 0.2) is 5.69 Å². The molecule has 0 aliphatic rings. The smallest absolute Gasteiger partial charge is 0.373 e. The molecule has 0 saturated heterocycles. The van der Waals surface area contributed by atoms with E-state index in [0.717, 1.165) is 26.4 Å². The van der Waals surface area contributed by atoms with E-state index in [0.29, 0.717) is 18.1 Å². The van der Waals surface area contributed by atoms with Crippen LogP contribution in [-0.2, 0) is 16.1 Å². The molecule has 3 aromatic rings. The lowest BCUT2D eigenvalue weighted by Gasteiger charge is -2.01. The van der Waals surface area contributed by atoms with Gasteiger partial charge in [-0.3, -0.25) is 0 Å². The monoisotopic (exact) mass is 333 g/mol. The highest BCUT2D eigenvalue weighted by molar-refractivity contribution is 7.22.